The van der Waals surface area contributed by atoms with Crippen molar-refractivity contribution in [1.82, 2.24) is 0 Å². The Morgan fingerprint density at radius 2 is 0.906 bits per heavy atom. The summed E-state index contributed by atoms with van der Waals surface area (Å²) in [6.45, 7) is 0. The van der Waals surface area contributed by atoms with Gasteiger partial charge in [0.1, 0.15) is 15.6 Å². The highest BCUT2D eigenvalue weighted by atomic mass is 32.2. The molecule has 2 aliphatic rings. The first-order valence-electron chi connectivity index (χ1n) is 18.6. The number of benzene rings is 7. The largest absolute Gasteiger partial charge is 0.478 e. The predicted octanol–water partition coefficient (Wildman–Crippen LogP) is 7.06. The number of ketones is 4. The zero-order valence-electron chi connectivity index (χ0n) is 32.4. The molecule has 0 aliphatic heterocycles. The summed E-state index contributed by atoms with van der Waals surface area (Å²) in [5.74, 6) is -4.82. The van der Waals surface area contributed by atoms with Gasteiger partial charge in [0.25, 0.3) is 20.2 Å². The molecule has 0 heterocycles. The van der Waals surface area contributed by atoms with Crippen molar-refractivity contribution in [2.45, 2.75) is 9.79 Å². The van der Waals surface area contributed by atoms with E-state index in [1.165, 1.54) is 36.4 Å². The first-order chi connectivity index (χ1) is 30.3. The topological polar surface area (TPSA) is 290 Å². The van der Waals surface area contributed by atoms with E-state index in [0.29, 0.717) is 5.69 Å². The molecule has 7 aromatic rings. The van der Waals surface area contributed by atoms with E-state index >= 15 is 0 Å². The second kappa shape index (κ2) is 15.7. The number of carbonyl (C=O) groups excluding carboxylic acids is 4. The number of nitrogens with one attached hydrogen (secondary N) is 2. The van der Waals surface area contributed by atoms with E-state index in [4.69, 9.17) is 11.5 Å². The Balaban J connectivity index is 0.000000175. The molecule has 0 bridgehead atoms. The number of nitrogen functional groups attached to an aromatic ring is 2. The standard InChI is InChI=1S/C24H16N2O5S.C21H13FN2O7S/c25-22-19(32(29,30)31)12-18(26-17-11-5-7-13-6-1-2-8-14(13)17)20-21(22)24(28)16-10-4-3-9-15(16)23(20)27;22-9-5-6-13(12(7-9)21(27)28)24-14-8-15(32(29,30)31)18(23)17-16(14)19(25)10-3-1-2-4-11(10)20(17)26/h1-12,26H,25H2,(H,29,30,31);1-8,24H,23H2,(H,27,28)(H,29,30,31). The van der Waals surface area contributed by atoms with Crippen LogP contribution in [0.1, 0.15) is 74.0 Å². The number of fused-ring (bicyclic) bond motifs is 5. The Morgan fingerprint density at radius 3 is 1.36 bits per heavy atom. The number of aromatic carboxylic acids is 1. The number of carboxylic acid groups (broad SMARTS) is 1. The van der Waals surface area contributed by atoms with Crippen LogP contribution in [0, 0.1) is 5.82 Å². The summed E-state index contributed by atoms with van der Waals surface area (Å²) in [5, 5.41) is 16.8. The van der Waals surface area contributed by atoms with Crippen LogP contribution in [0.25, 0.3) is 10.8 Å². The second-order valence-corrected chi connectivity index (χ2v) is 17.1. The first-order valence-corrected chi connectivity index (χ1v) is 21.4. The summed E-state index contributed by atoms with van der Waals surface area (Å²) < 4.78 is 80.8. The van der Waals surface area contributed by atoms with Crippen molar-refractivity contribution in [2.24, 2.45) is 0 Å². The number of hydrogen-bond donors (Lipinski definition) is 7. The minimum atomic E-state index is -4.94. The highest BCUT2D eigenvalue weighted by Crippen LogP contribution is 2.42. The maximum absolute atomic E-state index is 13.6. The van der Waals surface area contributed by atoms with Crippen molar-refractivity contribution >= 4 is 94.2 Å². The van der Waals surface area contributed by atoms with Crippen LogP contribution in [0.5, 0.6) is 0 Å². The molecular formula is C45H29FN4O12S2. The highest BCUT2D eigenvalue weighted by Gasteiger charge is 2.38. The lowest BCUT2D eigenvalue weighted by Gasteiger charge is -2.24. The normalized spacial score (nSPS) is 12.9. The van der Waals surface area contributed by atoms with Gasteiger partial charge >= 0.3 is 5.97 Å². The summed E-state index contributed by atoms with van der Waals surface area (Å²) in [7, 11) is -9.71. The minimum Gasteiger partial charge on any atom is -0.478 e. The third kappa shape index (κ3) is 7.28. The molecule has 0 aromatic heterocycles. The molecule has 0 fully saturated rings. The number of carboxylic acids is 1. The molecule has 320 valence electrons. The molecule has 0 amide bonds. The minimum absolute atomic E-state index is 0.0110. The molecule has 0 saturated carbocycles. The SMILES string of the molecule is Nc1c(S(=O)(=O)O)cc(Nc2ccc(F)cc2C(=O)O)c2c1C(=O)c1ccccc1C2=O.Nc1c(S(=O)(=O)O)cc(Nc2cccc3ccccc23)c2c1C(=O)c1ccccc1C2=O. The van der Waals surface area contributed by atoms with Crippen LogP contribution >= 0.6 is 0 Å². The van der Waals surface area contributed by atoms with E-state index in [1.807, 2.05) is 30.3 Å². The van der Waals surface area contributed by atoms with Crippen molar-refractivity contribution in [1.29, 1.82) is 0 Å². The predicted molar refractivity (Wildman–Crippen MR) is 232 cm³/mol. The van der Waals surface area contributed by atoms with Gasteiger partial charge < -0.3 is 27.2 Å². The zero-order valence-corrected chi connectivity index (χ0v) is 34.0. The monoisotopic (exact) mass is 900 g/mol. The van der Waals surface area contributed by atoms with E-state index in [0.717, 1.165) is 41.1 Å². The van der Waals surface area contributed by atoms with Gasteiger partial charge in [-0.2, -0.15) is 16.8 Å². The molecule has 64 heavy (non-hydrogen) atoms. The molecular weight excluding hydrogens is 872 g/mol. The Bertz CT molecular complexity index is 3500. The van der Waals surface area contributed by atoms with Gasteiger partial charge in [0.15, 0.2) is 23.1 Å². The third-order valence-corrected chi connectivity index (χ3v) is 12.3. The van der Waals surface area contributed by atoms with E-state index < -0.39 is 87.4 Å². The molecule has 0 unspecified atom stereocenters. The summed E-state index contributed by atoms with van der Waals surface area (Å²) in [6.07, 6.45) is 0. The lowest BCUT2D eigenvalue weighted by Crippen LogP contribution is -2.25. The van der Waals surface area contributed by atoms with Crippen LogP contribution in [0.15, 0.2) is 131 Å². The van der Waals surface area contributed by atoms with Crippen LogP contribution in [0.4, 0.5) is 38.5 Å². The lowest BCUT2D eigenvalue weighted by molar-refractivity contribution is 0.0696. The Hall–Kier alpha value is -8.10. The number of halogens is 1. The number of nitrogens with two attached hydrogens (primary N) is 2. The summed E-state index contributed by atoms with van der Waals surface area (Å²) in [6, 6.07) is 29.7. The van der Waals surface area contributed by atoms with E-state index in [1.54, 1.807) is 24.3 Å². The van der Waals surface area contributed by atoms with Crippen molar-refractivity contribution in [3.63, 3.8) is 0 Å². The Labute approximate surface area is 361 Å². The quantitative estimate of drug-likeness (QED) is 0.0622. The fraction of sp³-hybridized carbons (Fsp3) is 0. The maximum atomic E-state index is 13.6. The van der Waals surface area contributed by atoms with Gasteiger partial charge in [-0.15, -0.1) is 0 Å². The van der Waals surface area contributed by atoms with Crippen LogP contribution in [-0.2, 0) is 20.2 Å². The maximum Gasteiger partial charge on any atom is 0.337 e. The lowest BCUT2D eigenvalue weighted by atomic mass is 9.82. The van der Waals surface area contributed by atoms with Gasteiger partial charge in [-0.25, -0.2) is 9.18 Å². The van der Waals surface area contributed by atoms with Crippen molar-refractivity contribution in [3.8, 4) is 0 Å². The third-order valence-electron chi connectivity index (χ3n) is 10.5. The zero-order chi connectivity index (χ0) is 46.0. The second-order valence-electron chi connectivity index (χ2n) is 14.3. The average molecular weight is 901 g/mol. The van der Waals surface area contributed by atoms with Gasteiger partial charge in [-0.05, 0) is 41.8 Å². The molecule has 0 saturated heterocycles. The Kier molecular flexibility index (Phi) is 10.4. The van der Waals surface area contributed by atoms with Crippen LogP contribution in [-0.4, -0.2) is 60.1 Å². The van der Waals surface area contributed by atoms with Crippen molar-refractivity contribution in [3.05, 3.63) is 177 Å². The van der Waals surface area contributed by atoms with Gasteiger partial charge in [0.05, 0.1) is 56.3 Å². The summed E-state index contributed by atoms with van der Waals surface area (Å²) in [4.78, 5) is 63.0. The molecule has 0 spiro atoms. The fourth-order valence-corrected chi connectivity index (χ4v) is 8.93. The molecule has 19 heteroatoms. The van der Waals surface area contributed by atoms with Crippen LogP contribution in [0.3, 0.4) is 0 Å². The molecule has 0 atom stereocenters. The van der Waals surface area contributed by atoms with Gasteiger partial charge in [-0.3, -0.25) is 28.3 Å². The van der Waals surface area contributed by atoms with E-state index in [2.05, 4.69) is 10.6 Å². The van der Waals surface area contributed by atoms with Crippen LogP contribution < -0.4 is 22.1 Å². The number of hydrogen-bond acceptors (Lipinski definition) is 13. The van der Waals surface area contributed by atoms with Crippen molar-refractivity contribution < 1.29 is 59.4 Å². The molecule has 2 aliphatic carbocycles. The van der Waals surface area contributed by atoms with Gasteiger partial charge in [0, 0.05) is 33.3 Å². The summed E-state index contributed by atoms with van der Waals surface area (Å²) in [5.41, 5.74) is 9.76. The number of rotatable bonds is 7. The summed E-state index contributed by atoms with van der Waals surface area (Å²) >= 11 is 0. The van der Waals surface area contributed by atoms with E-state index in [-0.39, 0.29) is 56.0 Å². The van der Waals surface area contributed by atoms with E-state index in [9.17, 15) is 59.4 Å². The smallest absolute Gasteiger partial charge is 0.337 e. The number of carbonyl (C=O) groups is 5. The molecule has 16 nitrogen and oxygen atoms in total. The van der Waals surface area contributed by atoms with Crippen molar-refractivity contribution in [2.75, 3.05) is 22.1 Å². The Morgan fingerprint density at radius 1 is 0.500 bits per heavy atom. The van der Waals surface area contributed by atoms with Gasteiger partial charge in [-0.1, -0.05) is 84.9 Å². The average Bonchev–Trinajstić information content (AvgIpc) is 3.25. The molecule has 9 N–H and O–H groups in total. The highest BCUT2D eigenvalue weighted by molar-refractivity contribution is 7.86. The van der Waals surface area contributed by atoms with Gasteiger partial charge in [0.2, 0.25) is 0 Å². The molecule has 0 radical (unpaired) electrons. The number of anilines is 6. The fourth-order valence-electron chi connectivity index (χ4n) is 7.64. The van der Waals surface area contributed by atoms with Crippen LogP contribution in [0.2, 0.25) is 0 Å². The first kappa shape index (κ1) is 42.6. The molecule has 7 aromatic carbocycles. The molecule has 9 rings (SSSR count).